The van der Waals surface area contributed by atoms with Crippen molar-refractivity contribution in [1.82, 2.24) is 34.9 Å². The zero-order valence-electron chi connectivity index (χ0n) is 19.1. The third kappa shape index (κ3) is 4.93. The second kappa shape index (κ2) is 10.3. The van der Waals surface area contributed by atoms with Gasteiger partial charge in [-0.3, -0.25) is 10.1 Å². The van der Waals surface area contributed by atoms with Crippen LogP contribution in [0.15, 0.2) is 48.9 Å². The highest BCUT2D eigenvalue weighted by Gasteiger charge is 2.15. The van der Waals surface area contributed by atoms with Gasteiger partial charge in [0.1, 0.15) is 12.2 Å². The van der Waals surface area contributed by atoms with Crippen molar-refractivity contribution in [2.45, 2.75) is 65.3 Å². The van der Waals surface area contributed by atoms with Gasteiger partial charge in [0.15, 0.2) is 11.6 Å². The van der Waals surface area contributed by atoms with Crippen LogP contribution in [0.4, 0.5) is 0 Å². The summed E-state index contributed by atoms with van der Waals surface area (Å²) >= 11 is 0. The smallest absolute Gasteiger partial charge is 0.157 e. The minimum atomic E-state index is 0.377. The summed E-state index contributed by atoms with van der Waals surface area (Å²) in [6, 6.07) is 12.4. The molecule has 32 heavy (non-hydrogen) atoms. The first-order chi connectivity index (χ1) is 15.7. The first-order valence-corrected chi connectivity index (χ1v) is 11.5. The SMILES string of the molecule is CCCCCc1nc(C(C)CC)nn1Cc1ccc(-c2ncccc2-c2ncn[nH]2)cc1. The number of hydrogen-bond donors (Lipinski definition) is 1. The molecular formula is C25H31N7. The number of unbranched alkanes of at least 4 members (excludes halogenated alkanes) is 2. The van der Waals surface area contributed by atoms with Crippen LogP contribution in [-0.4, -0.2) is 34.9 Å². The Morgan fingerprint density at radius 2 is 1.88 bits per heavy atom. The van der Waals surface area contributed by atoms with Gasteiger partial charge in [0.05, 0.1) is 12.2 Å². The maximum absolute atomic E-state index is 4.88. The molecule has 0 saturated heterocycles. The summed E-state index contributed by atoms with van der Waals surface area (Å²) in [5, 5.41) is 11.8. The van der Waals surface area contributed by atoms with E-state index in [2.05, 4.69) is 69.9 Å². The monoisotopic (exact) mass is 429 g/mol. The topological polar surface area (TPSA) is 85.2 Å². The van der Waals surface area contributed by atoms with E-state index in [0.717, 1.165) is 54.3 Å². The van der Waals surface area contributed by atoms with Crippen molar-refractivity contribution in [2.24, 2.45) is 0 Å². The highest BCUT2D eigenvalue weighted by molar-refractivity contribution is 5.77. The molecule has 0 aliphatic heterocycles. The third-order valence-corrected chi connectivity index (χ3v) is 5.86. The van der Waals surface area contributed by atoms with E-state index in [0.29, 0.717) is 11.7 Å². The molecule has 3 heterocycles. The Labute approximate surface area is 189 Å². The summed E-state index contributed by atoms with van der Waals surface area (Å²) in [7, 11) is 0. The van der Waals surface area contributed by atoms with Crippen LogP contribution < -0.4 is 0 Å². The van der Waals surface area contributed by atoms with Crippen LogP contribution in [0.3, 0.4) is 0 Å². The number of pyridine rings is 1. The molecule has 0 aliphatic carbocycles. The van der Waals surface area contributed by atoms with Gasteiger partial charge < -0.3 is 0 Å². The van der Waals surface area contributed by atoms with Crippen molar-refractivity contribution in [3.8, 4) is 22.6 Å². The molecule has 166 valence electrons. The fourth-order valence-corrected chi connectivity index (χ4v) is 3.73. The number of nitrogens with zero attached hydrogens (tertiary/aromatic N) is 6. The van der Waals surface area contributed by atoms with Gasteiger partial charge in [-0.1, -0.05) is 57.9 Å². The Balaban J connectivity index is 1.57. The van der Waals surface area contributed by atoms with Crippen molar-refractivity contribution in [1.29, 1.82) is 0 Å². The number of aromatic amines is 1. The Hall–Kier alpha value is -3.35. The number of nitrogens with one attached hydrogen (secondary N) is 1. The van der Waals surface area contributed by atoms with E-state index < -0.39 is 0 Å². The van der Waals surface area contributed by atoms with Crippen LogP contribution in [0.5, 0.6) is 0 Å². The normalized spacial score (nSPS) is 12.2. The van der Waals surface area contributed by atoms with Gasteiger partial charge in [0.2, 0.25) is 0 Å². The molecule has 4 aromatic rings. The second-order valence-corrected chi connectivity index (χ2v) is 8.24. The minimum Gasteiger partial charge on any atom is -0.259 e. The molecule has 1 unspecified atom stereocenters. The van der Waals surface area contributed by atoms with E-state index in [1.165, 1.54) is 24.7 Å². The van der Waals surface area contributed by atoms with E-state index >= 15 is 0 Å². The highest BCUT2D eigenvalue weighted by atomic mass is 15.3. The second-order valence-electron chi connectivity index (χ2n) is 8.24. The number of hydrogen-bond acceptors (Lipinski definition) is 5. The Kier molecular flexibility index (Phi) is 7.04. The Morgan fingerprint density at radius 3 is 2.59 bits per heavy atom. The summed E-state index contributed by atoms with van der Waals surface area (Å²) in [5.41, 5.74) is 4.06. The summed E-state index contributed by atoms with van der Waals surface area (Å²) in [4.78, 5) is 13.8. The molecular weight excluding hydrogens is 398 g/mol. The predicted molar refractivity (Wildman–Crippen MR) is 126 cm³/mol. The number of rotatable bonds is 10. The zero-order chi connectivity index (χ0) is 22.3. The molecule has 0 spiro atoms. The molecule has 4 rings (SSSR count). The van der Waals surface area contributed by atoms with Gasteiger partial charge in [-0.25, -0.2) is 14.6 Å². The van der Waals surface area contributed by atoms with Crippen LogP contribution in [-0.2, 0) is 13.0 Å². The number of aromatic nitrogens is 7. The Bertz CT molecular complexity index is 1110. The lowest BCUT2D eigenvalue weighted by Crippen LogP contribution is -2.07. The first kappa shape index (κ1) is 21.9. The van der Waals surface area contributed by atoms with Gasteiger partial charge in [0, 0.05) is 29.7 Å². The largest absolute Gasteiger partial charge is 0.259 e. The predicted octanol–water partition coefficient (Wildman–Crippen LogP) is 5.42. The summed E-state index contributed by atoms with van der Waals surface area (Å²) in [5.74, 6) is 3.15. The lowest BCUT2D eigenvalue weighted by atomic mass is 10.0. The van der Waals surface area contributed by atoms with E-state index in [1.807, 2.05) is 12.1 Å². The molecule has 1 atom stereocenters. The molecule has 7 nitrogen and oxygen atoms in total. The molecule has 0 bridgehead atoms. The molecule has 0 radical (unpaired) electrons. The maximum Gasteiger partial charge on any atom is 0.157 e. The molecule has 7 heteroatoms. The van der Waals surface area contributed by atoms with Crippen molar-refractivity contribution < 1.29 is 0 Å². The van der Waals surface area contributed by atoms with Crippen LogP contribution in [0.2, 0.25) is 0 Å². The molecule has 0 saturated carbocycles. The van der Waals surface area contributed by atoms with E-state index in [9.17, 15) is 0 Å². The van der Waals surface area contributed by atoms with Crippen LogP contribution in [0.1, 0.15) is 69.6 Å². The van der Waals surface area contributed by atoms with Gasteiger partial charge in [-0.2, -0.15) is 10.2 Å². The van der Waals surface area contributed by atoms with Gasteiger partial charge in [-0.15, -0.1) is 0 Å². The average molecular weight is 430 g/mol. The molecule has 1 aromatic carbocycles. The summed E-state index contributed by atoms with van der Waals surface area (Å²) in [6.07, 6.45) is 8.92. The van der Waals surface area contributed by atoms with E-state index in [4.69, 9.17) is 10.1 Å². The molecule has 0 fully saturated rings. The van der Waals surface area contributed by atoms with E-state index in [-0.39, 0.29) is 0 Å². The van der Waals surface area contributed by atoms with Gasteiger partial charge in [0.25, 0.3) is 0 Å². The van der Waals surface area contributed by atoms with E-state index in [1.54, 1.807) is 6.20 Å². The Morgan fingerprint density at radius 1 is 1.03 bits per heavy atom. The lowest BCUT2D eigenvalue weighted by molar-refractivity contribution is 0.596. The molecule has 0 aliphatic rings. The number of aryl methyl sites for hydroxylation is 1. The van der Waals surface area contributed by atoms with Crippen molar-refractivity contribution >= 4 is 0 Å². The van der Waals surface area contributed by atoms with Crippen molar-refractivity contribution in [3.63, 3.8) is 0 Å². The number of H-pyrrole nitrogens is 1. The maximum atomic E-state index is 4.88. The quantitative estimate of drug-likeness (QED) is 0.340. The lowest BCUT2D eigenvalue weighted by Gasteiger charge is -2.09. The minimum absolute atomic E-state index is 0.377. The number of benzene rings is 1. The van der Waals surface area contributed by atoms with Crippen LogP contribution in [0.25, 0.3) is 22.6 Å². The highest BCUT2D eigenvalue weighted by Crippen LogP contribution is 2.28. The summed E-state index contributed by atoms with van der Waals surface area (Å²) < 4.78 is 2.09. The van der Waals surface area contributed by atoms with Gasteiger partial charge in [-0.05, 0) is 30.5 Å². The van der Waals surface area contributed by atoms with Crippen molar-refractivity contribution in [2.75, 3.05) is 0 Å². The molecule has 3 aromatic heterocycles. The summed E-state index contributed by atoms with van der Waals surface area (Å²) in [6.45, 7) is 7.34. The van der Waals surface area contributed by atoms with Crippen LogP contribution >= 0.6 is 0 Å². The molecule has 0 amide bonds. The average Bonchev–Trinajstić information content (AvgIpc) is 3.50. The van der Waals surface area contributed by atoms with Crippen LogP contribution in [0, 0.1) is 0 Å². The van der Waals surface area contributed by atoms with Crippen molar-refractivity contribution in [3.05, 3.63) is 66.1 Å². The third-order valence-electron chi connectivity index (χ3n) is 5.86. The zero-order valence-corrected chi connectivity index (χ0v) is 19.1. The fourth-order valence-electron chi connectivity index (χ4n) is 3.73. The van der Waals surface area contributed by atoms with Gasteiger partial charge >= 0.3 is 0 Å². The standard InChI is InChI=1S/C25H31N7/c1-4-6-7-10-22-29-24(18(3)5-2)31-32(22)16-19-11-13-20(14-12-19)23-21(9-8-15-26-23)25-27-17-28-30-25/h8-9,11-15,17-18H,4-7,10,16H2,1-3H3,(H,27,28,30). The molecule has 1 N–H and O–H groups in total. The fraction of sp³-hybridized carbons (Fsp3) is 0.400. The first-order valence-electron chi connectivity index (χ1n) is 11.5.